The Morgan fingerprint density at radius 2 is 2.33 bits per heavy atom. The van der Waals surface area contributed by atoms with Crippen molar-refractivity contribution in [3.05, 3.63) is 43.2 Å². The van der Waals surface area contributed by atoms with E-state index < -0.39 is 0 Å². The third-order valence-corrected chi connectivity index (χ3v) is 1.78. The van der Waals surface area contributed by atoms with Gasteiger partial charge in [-0.05, 0) is 12.1 Å². The molecule has 1 heterocycles. The zero-order valence-corrected chi connectivity index (χ0v) is 6.70. The summed E-state index contributed by atoms with van der Waals surface area (Å²) in [5, 5.41) is 0. The molecule has 2 rings (SSSR count). The second-order valence-electron chi connectivity index (χ2n) is 2.60. The Labute approximate surface area is 71.2 Å². The van der Waals surface area contributed by atoms with Crippen LogP contribution in [0, 0.1) is 6.33 Å². The first-order chi connectivity index (χ1) is 5.92. The summed E-state index contributed by atoms with van der Waals surface area (Å²) in [5.74, 6) is 0. The van der Waals surface area contributed by atoms with Gasteiger partial charge in [-0.1, -0.05) is 18.2 Å². The number of benzene rings is 1. The fourth-order valence-corrected chi connectivity index (χ4v) is 1.22. The Kier molecular flexibility index (Phi) is 1.67. The van der Waals surface area contributed by atoms with E-state index in [1.54, 1.807) is 0 Å². The van der Waals surface area contributed by atoms with Crippen molar-refractivity contribution in [2.75, 3.05) is 0 Å². The summed E-state index contributed by atoms with van der Waals surface area (Å²) in [6.07, 6.45) is 4.75. The van der Waals surface area contributed by atoms with Gasteiger partial charge in [-0.3, -0.25) is 0 Å². The van der Waals surface area contributed by atoms with Crippen molar-refractivity contribution >= 4 is 11.0 Å². The van der Waals surface area contributed by atoms with E-state index in [4.69, 9.17) is 0 Å². The maximum absolute atomic E-state index is 4.13. The molecule has 59 valence electrons. The lowest BCUT2D eigenvalue weighted by Crippen LogP contribution is -1.91. The van der Waals surface area contributed by atoms with Gasteiger partial charge in [-0.25, -0.2) is 4.98 Å². The van der Waals surface area contributed by atoms with Crippen LogP contribution >= 0.6 is 0 Å². The van der Waals surface area contributed by atoms with E-state index >= 15 is 0 Å². The third-order valence-electron chi connectivity index (χ3n) is 1.78. The molecule has 0 saturated carbocycles. The third kappa shape index (κ3) is 1.01. The molecule has 0 unspecified atom stereocenters. The average molecular weight is 157 g/mol. The van der Waals surface area contributed by atoms with Crippen LogP contribution in [0.3, 0.4) is 0 Å². The summed E-state index contributed by atoms with van der Waals surface area (Å²) >= 11 is 0. The highest BCUT2D eigenvalue weighted by molar-refractivity contribution is 5.74. The van der Waals surface area contributed by atoms with Crippen LogP contribution in [0.2, 0.25) is 0 Å². The molecule has 2 nitrogen and oxygen atoms in total. The number of aromatic nitrogens is 2. The number of hydrogen-bond donors (Lipinski definition) is 0. The Morgan fingerprint density at radius 3 is 3.17 bits per heavy atom. The summed E-state index contributed by atoms with van der Waals surface area (Å²) < 4.78 is 1.95. The minimum atomic E-state index is 0.764. The second kappa shape index (κ2) is 2.81. The molecular weight excluding hydrogens is 148 g/mol. The summed E-state index contributed by atoms with van der Waals surface area (Å²) in [7, 11) is 0. The van der Waals surface area contributed by atoms with E-state index in [2.05, 4.69) is 17.9 Å². The maximum atomic E-state index is 4.13. The molecule has 0 amide bonds. The quantitative estimate of drug-likeness (QED) is 0.610. The lowest BCUT2D eigenvalue weighted by atomic mass is 10.3. The first-order valence-electron chi connectivity index (χ1n) is 3.85. The fourth-order valence-electron chi connectivity index (χ4n) is 1.22. The number of para-hydroxylation sites is 2. The van der Waals surface area contributed by atoms with Crippen LogP contribution in [-0.4, -0.2) is 9.55 Å². The zero-order chi connectivity index (χ0) is 8.39. The molecule has 0 aliphatic heterocycles. The highest BCUT2D eigenvalue weighted by atomic mass is 15.0. The van der Waals surface area contributed by atoms with Crippen LogP contribution in [0.1, 0.15) is 0 Å². The van der Waals surface area contributed by atoms with Gasteiger partial charge in [0.05, 0.1) is 11.0 Å². The maximum Gasteiger partial charge on any atom is 0.177 e. The van der Waals surface area contributed by atoms with Crippen molar-refractivity contribution in [3.8, 4) is 0 Å². The van der Waals surface area contributed by atoms with Crippen molar-refractivity contribution in [3.63, 3.8) is 0 Å². The van der Waals surface area contributed by atoms with Gasteiger partial charge in [0.15, 0.2) is 6.33 Å². The summed E-state index contributed by atoms with van der Waals surface area (Å²) in [5.41, 5.74) is 2.09. The number of nitrogens with zero attached hydrogens (tertiary/aromatic N) is 2. The van der Waals surface area contributed by atoms with Gasteiger partial charge in [-0.15, -0.1) is 6.58 Å². The smallest absolute Gasteiger partial charge is 0.177 e. The van der Waals surface area contributed by atoms with E-state index in [1.807, 2.05) is 34.9 Å². The van der Waals surface area contributed by atoms with Gasteiger partial charge in [0, 0.05) is 6.54 Å². The molecule has 0 N–H and O–H groups in total. The number of imidazole rings is 1. The first kappa shape index (κ1) is 7.10. The molecule has 0 aliphatic carbocycles. The van der Waals surface area contributed by atoms with Crippen LogP contribution in [-0.2, 0) is 6.54 Å². The second-order valence-corrected chi connectivity index (χ2v) is 2.60. The van der Waals surface area contributed by atoms with E-state index in [9.17, 15) is 0 Å². The average Bonchev–Trinajstić information content (AvgIpc) is 2.50. The highest BCUT2D eigenvalue weighted by Crippen LogP contribution is 2.10. The van der Waals surface area contributed by atoms with Gasteiger partial charge in [-0.2, -0.15) is 0 Å². The van der Waals surface area contributed by atoms with E-state index in [-0.39, 0.29) is 0 Å². The van der Waals surface area contributed by atoms with Crippen molar-refractivity contribution in [1.82, 2.24) is 9.55 Å². The Bertz CT molecular complexity index is 401. The molecule has 0 fully saturated rings. The number of allylic oxidation sites excluding steroid dienone is 1. The van der Waals surface area contributed by atoms with E-state index in [0.29, 0.717) is 0 Å². The number of fused-ring (bicyclic) bond motifs is 1. The van der Waals surface area contributed by atoms with Crippen molar-refractivity contribution in [2.24, 2.45) is 0 Å². The first-order valence-corrected chi connectivity index (χ1v) is 3.85. The molecule has 1 aromatic carbocycles. The minimum absolute atomic E-state index is 0.764. The standard InChI is InChI=1S/C10H9N2/c1-2-7-12-8-11-9-5-3-4-6-10(9)12/h2-6H,1,7H2. The van der Waals surface area contributed by atoms with E-state index in [1.165, 1.54) is 0 Å². The van der Waals surface area contributed by atoms with Crippen molar-refractivity contribution < 1.29 is 0 Å². The molecule has 1 radical (unpaired) electrons. The molecule has 2 heteroatoms. The summed E-state index contributed by atoms with van der Waals surface area (Å²) in [6, 6.07) is 7.98. The molecule has 0 atom stereocenters. The fraction of sp³-hybridized carbons (Fsp3) is 0.100. The Hall–Kier alpha value is -1.57. The lowest BCUT2D eigenvalue weighted by molar-refractivity contribution is 0.842. The van der Waals surface area contributed by atoms with Crippen molar-refractivity contribution in [1.29, 1.82) is 0 Å². The van der Waals surface area contributed by atoms with Gasteiger partial charge in [0.25, 0.3) is 0 Å². The largest absolute Gasteiger partial charge is 0.317 e. The molecular formula is C10H9N2. The minimum Gasteiger partial charge on any atom is -0.317 e. The molecule has 1 aromatic heterocycles. The SMILES string of the molecule is C=CCn1[c]nc2ccccc21. The molecule has 2 aromatic rings. The molecule has 0 aliphatic rings. The molecule has 12 heavy (non-hydrogen) atoms. The highest BCUT2D eigenvalue weighted by Gasteiger charge is 1.98. The number of hydrogen-bond acceptors (Lipinski definition) is 1. The molecule has 0 spiro atoms. The summed E-state index contributed by atoms with van der Waals surface area (Å²) in [4.78, 5) is 4.13. The van der Waals surface area contributed by atoms with Crippen LogP contribution in [0.4, 0.5) is 0 Å². The van der Waals surface area contributed by atoms with Gasteiger partial charge in [0.1, 0.15) is 0 Å². The van der Waals surface area contributed by atoms with Gasteiger partial charge < -0.3 is 4.57 Å². The monoisotopic (exact) mass is 157 g/mol. The van der Waals surface area contributed by atoms with Crippen LogP contribution < -0.4 is 0 Å². The van der Waals surface area contributed by atoms with Crippen molar-refractivity contribution in [2.45, 2.75) is 6.54 Å². The van der Waals surface area contributed by atoms with Gasteiger partial charge >= 0.3 is 0 Å². The predicted octanol–water partition coefficient (Wildman–Crippen LogP) is 2.02. The summed E-state index contributed by atoms with van der Waals surface area (Å²) in [6.45, 7) is 4.44. The predicted molar refractivity (Wildman–Crippen MR) is 48.8 cm³/mol. The van der Waals surface area contributed by atoms with E-state index in [0.717, 1.165) is 17.6 Å². The Balaban J connectivity index is 2.62. The van der Waals surface area contributed by atoms with Gasteiger partial charge in [0.2, 0.25) is 0 Å². The number of rotatable bonds is 2. The zero-order valence-electron chi connectivity index (χ0n) is 6.70. The normalized spacial score (nSPS) is 10.3. The Morgan fingerprint density at radius 1 is 1.50 bits per heavy atom. The molecule has 0 bridgehead atoms. The van der Waals surface area contributed by atoms with Crippen LogP contribution in [0.25, 0.3) is 11.0 Å². The molecule has 0 saturated heterocycles. The lowest BCUT2D eigenvalue weighted by Gasteiger charge is -1.96. The van der Waals surface area contributed by atoms with Crippen LogP contribution in [0.5, 0.6) is 0 Å². The van der Waals surface area contributed by atoms with Crippen LogP contribution in [0.15, 0.2) is 36.9 Å². The topological polar surface area (TPSA) is 17.8 Å².